The number of benzene rings is 2. The molecule has 5 nitrogen and oxygen atoms in total. The lowest BCUT2D eigenvalue weighted by Gasteiger charge is -2.16. The number of nitrogens with one attached hydrogen (secondary N) is 1. The van der Waals surface area contributed by atoms with Crippen LogP contribution in [0.5, 0.6) is 0 Å². The zero-order valence-electron chi connectivity index (χ0n) is 15.7. The molecule has 0 aliphatic rings. The number of amides is 1. The molecule has 1 aromatic heterocycles. The summed E-state index contributed by atoms with van der Waals surface area (Å²) >= 11 is 0. The van der Waals surface area contributed by atoms with Crippen molar-refractivity contribution in [2.24, 2.45) is 0 Å². The molecular weight excluding hydrogens is 359 g/mol. The topological polar surface area (TPSA) is 73.4 Å². The third-order valence-corrected chi connectivity index (χ3v) is 4.85. The van der Waals surface area contributed by atoms with Crippen LogP contribution in [0.4, 0.5) is 4.39 Å². The van der Waals surface area contributed by atoms with E-state index >= 15 is 0 Å². The van der Waals surface area contributed by atoms with Gasteiger partial charge < -0.3 is 15.0 Å². The van der Waals surface area contributed by atoms with Gasteiger partial charge in [-0.15, -0.1) is 0 Å². The lowest BCUT2D eigenvalue weighted by atomic mass is 10.0. The highest BCUT2D eigenvalue weighted by Gasteiger charge is 2.16. The molecule has 0 saturated heterocycles. The van der Waals surface area contributed by atoms with E-state index < -0.39 is 5.97 Å². The Labute approximate surface area is 162 Å². The molecule has 0 atom stereocenters. The molecule has 0 saturated carbocycles. The lowest BCUT2D eigenvalue weighted by molar-refractivity contribution is -0.138. The van der Waals surface area contributed by atoms with Crippen LogP contribution in [0.2, 0.25) is 0 Å². The second-order valence-electron chi connectivity index (χ2n) is 6.84. The van der Waals surface area contributed by atoms with Gasteiger partial charge in [-0.25, -0.2) is 4.39 Å². The minimum atomic E-state index is -0.858. The maximum atomic E-state index is 13.3. The van der Waals surface area contributed by atoms with Crippen LogP contribution in [0.1, 0.15) is 24.8 Å². The normalized spacial score (nSPS) is 10.9. The van der Waals surface area contributed by atoms with Crippen molar-refractivity contribution >= 4 is 22.8 Å². The van der Waals surface area contributed by atoms with E-state index in [1.807, 2.05) is 24.3 Å². The van der Waals surface area contributed by atoms with Gasteiger partial charge in [-0.2, -0.15) is 0 Å². The zero-order valence-corrected chi connectivity index (χ0v) is 15.7. The Bertz CT molecular complexity index is 979. The summed E-state index contributed by atoms with van der Waals surface area (Å²) in [5.41, 5.74) is 3.76. The molecular formula is C22H23FN2O3. The number of para-hydroxylation sites is 1. The fraction of sp³-hybridized carbons (Fsp3) is 0.273. The van der Waals surface area contributed by atoms with E-state index in [4.69, 9.17) is 5.11 Å². The number of aromatic amines is 1. The van der Waals surface area contributed by atoms with E-state index in [-0.39, 0.29) is 18.1 Å². The van der Waals surface area contributed by atoms with Gasteiger partial charge in [0.05, 0.1) is 0 Å². The van der Waals surface area contributed by atoms with E-state index in [0.29, 0.717) is 25.8 Å². The molecule has 0 fully saturated rings. The lowest BCUT2D eigenvalue weighted by Crippen LogP contribution is -2.28. The first kappa shape index (κ1) is 19.6. The number of nitrogens with zero attached hydrogens (tertiary/aromatic N) is 1. The van der Waals surface area contributed by atoms with E-state index in [0.717, 1.165) is 27.7 Å². The number of carbonyl (C=O) groups excluding carboxylic acids is 1. The molecule has 0 bridgehead atoms. The Morgan fingerprint density at radius 1 is 1.07 bits per heavy atom. The van der Waals surface area contributed by atoms with Gasteiger partial charge >= 0.3 is 5.97 Å². The number of carboxylic acid groups (broad SMARTS) is 1. The first-order valence-corrected chi connectivity index (χ1v) is 9.27. The fourth-order valence-electron chi connectivity index (χ4n) is 3.34. The van der Waals surface area contributed by atoms with Crippen LogP contribution in [0, 0.1) is 5.82 Å². The Morgan fingerprint density at radius 3 is 2.50 bits per heavy atom. The molecule has 146 valence electrons. The Balaban J connectivity index is 1.78. The van der Waals surface area contributed by atoms with Crippen molar-refractivity contribution in [3.63, 3.8) is 0 Å². The summed E-state index contributed by atoms with van der Waals surface area (Å²) < 4.78 is 13.3. The number of hydrogen-bond donors (Lipinski definition) is 2. The molecule has 1 amide bonds. The Hall–Kier alpha value is -3.15. The summed E-state index contributed by atoms with van der Waals surface area (Å²) in [6, 6.07) is 14.2. The van der Waals surface area contributed by atoms with Gasteiger partial charge in [0, 0.05) is 43.0 Å². The third kappa shape index (κ3) is 4.57. The minimum Gasteiger partial charge on any atom is -0.481 e. The number of fused-ring (bicyclic) bond motifs is 1. The second-order valence-corrected chi connectivity index (χ2v) is 6.84. The highest BCUT2D eigenvalue weighted by molar-refractivity contribution is 5.91. The summed E-state index contributed by atoms with van der Waals surface area (Å²) in [6.45, 7) is 0.420. The molecule has 2 N–H and O–H groups in total. The molecule has 0 aliphatic carbocycles. The standard InChI is InChI=1S/C22H23FN2O3/c1-25(14-4-7-21(27)28)20(26)13-12-18-17-5-2-3-6-19(17)24-22(18)15-8-10-16(23)11-9-15/h2-3,5-6,8-11,24H,4,7,12-14H2,1H3,(H,27,28). The van der Waals surface area contributed by atoms with Gasteiger partial charge in [0.25, 0.3) is 0 Å². The smallest absolute Gasteiger partial charge is 0.303 e. The summed E-state index contributed by atoms with van der Waals surface area (Å²) in [4.78, 5) is 28.0. The van der Waals surface area contributed by atoms with Crippen molar-refractivity contribution in [3.8, 4) is 11.3 Å². The zero-order chi connectivity index (χ0) is 20.1. The van der Waals surface area contributed by atoms with Crippen LogP contribution in [-0.2, 0) is 16.0 Å². The molecule has 0 unspecified atom stereocenters. The van der Waals surface area contributed by atoms with Crippen molar-refractivity contribution < 1.29 is 19.1 Å². The fourth-order valence-corrected chi connectivity index (χ4v) is 3.34. The summed E-state index contributed by atoms with van der Waals surface area (Å²) in [5.74, 6) is -1.18. The van der Waals surface area contributed by atoms with Crippen molar-refractivity contribution in [3.05, 3.63) is 59.9 Å². The average Bonchev–Trinajstić information content (AvgIpc) is 3.05. The number of aromatic nitrogens is 1. The number of H-pyrrole nitrogens is 1. The summed E-state index contributed by atoms with van der Waals surface area (Å²) in [5, 5.41) is 9.76. The van der Waals surface area contributed by atoms with E-state index in [1.54, 1.807) is 24.1 Å². The summed E-state index contributed by atoms with van der Waals surface area (Å²) in [6.07, 6.45) is 1.35. The maximum absolute atomic E-state index is 13.3. The SMILES string of the molecule is CN(CCCC(=O)O)C(=O)CCc1c(-c2ccc(F)cc2)[nH]c2ccccc12. The molecule has 1 heterocycles. The van der Waals surface area contributed by atoms with Gasteiger partial charge in [0.1, 0.15) is 5.82 Å². The first-order valence-electron chi connectivity index (χ1n) is 9.27. The average molecular weight is 382 g/mol. The number of aliphatic carboxylic acids is 1. The van der Waals surface area contributed by atoms with Crippen LogP contribution in [-0.4, -0.2) is 40.5 Å². The van der Waals surface area contributed by atoms with Crippen LogP contribution in [0.3, 0.4) is 0 Å². The van der Waals surface area contributed by atoms with Crippen LogP contribution < -0.4 is 0 Å². The van der Waals surface area contributed by atoms with Crippen molar-refractivity contribution in [2.45, 2.75) is 25.7 Å². The number of hydrogen-bond acceptors (Lipinski definition) is 2. The first-order chi connectivity index (χ1) is 13.5. The highest BCUT2D eigenvalue weighted by atomic mass is 19.1. The molecule has 3 aromatic rings. The number of carbonyl (C=O) groups is 2. The van der Waals surface area contributed by atoms with Gasteiger partial charge in [0.2, 0.25) is 5.91 Å². The molecule has 0 spiro atoms. The second kappa shape index (κ2) is 8.69. The number of halogens is 1. The molecule has 28 heavy (non-hydrogen) atoms. The number of rotatable bonds is 8. The predicted octanol–water partition coefficient (Wildman–Crippen LogP) is 4.23. The highest BCUT2D eigenvalue weighted by Crippen LogP contribution is 2.31. The molecule has 0 radical (unpaired) electrons. The Morgan fingerprint density at radius 2 is 1.79 bits per heavy atom. The third-order valence-electron chi connectivity index (χ3n) is 4.85. The van der Waals surface area contributed by atoms with Gasteiger partial charge in [-0.3, -0.25) is 9.59 Å². The quantitative estimate of drug-likeness (QED) is 0.612. The molecule has 0 aliphatic heterocycles. The molecule has 6 heteroatoms. The monoisotopic (exact) mass is 382 g/mol. The largest absolute Gasteiger partial charge is 0.481 e. The van der Waals surface area contributed by atoms with Crippen molar-refractivity contribution in [1.29, 1.82) is 0 Å². The number of carboxylic acids is 1. The van der Waals surface area contributed by atoms with E-state index in [1.165, 1.54) is 12.1 Å². The number of aryl methyl sites for hydroxylation is 1. The van der Waals surface area contributed by atoms with Crippen LogP contribution in [0.25, 0.3) is 22.2 Å². The van der Waals surface area contributed by atoms with Crippen LogP contribution >= 0.6 is 0 Å². The van der Waals surface area contributed by atoms with E-state index in [9.17, 15) is 14.0 Å². The van der Waals surface area contributed by atoms with Gasteiger partial charge in [-0.1, -0.05) is 18.2 Å². The van der Waals surface area contributed by atoms with Gasteiger partial charge in [0.15, 0.2) is 0 Å². The van der Waals surface area contributed by atoms with Gasteiger partial charge in [-0.05, 0) is 54.3 Å². The van der Waals surface area contributed by atoms with E-state index in [2.05, 4.69) is 4.98 Å². The van der Waals surface area contributed by atoms with Crippen molar-refractivity contribution in [1.82, 2.24) is 9.88 Å². The molecule has 3 rings (SSSR count). The Kier molecular flexibility index (Phi) is 6.09. The summed E-state index contributed by atoms with van der Waals surface area (Å²) in [7, 11) is 1.69. The maximum Gasteiger partial charge on any atom is 0.303 e. The van der Waals surface area contributed by atoms with Crippen molar-refractivity contribution in [2.75, 3.05) is 13.6 Å². The minimum absolute atomic E-state index is 0.0271. The van der Waals surface area contributed by atoms with Crippen LogP contribution in [0.15, 0.2) is 48.5 Å². The molecule has 2 aromatic carbocycles. The predicted molar refractivity (Wildman–Crippen MR) is 107 cm³/mol.